The maximum absolute atomic E-state index is 11.0. The summed E-state index contributed by atoms with van der Waals surface area (Å²) in [6.45, 7) is 3.31. The van der Waals surface area contributed by atoms with Crippen LogP contribution >= 0.6 is 0 Å². The first kappa shape index (κ1) is 18.5. The third-order valence-corrected chi connectivity index (χ3v) is 3.41. The molecule has 0 bridgehead atoms. The summed E-state index contributed by atoms with van der Waals surface area (Å²) in [7, 11) is 0. The van der Waals surface area contributed by atoms with Gasteiger partial charge in [-0.15, -0.1) is 0 Å². The molecule has 0 saturated heterocycles. The molecule has 10 nitrogen and oxygen atoms in total. The van der Waals surface area contributed by atoms with Crippen molar-refractivity contribution in [1.82, 2.24) is 0 Å². The summed E-state index contributed by atoms with van der Waals surface area (Å²) in [6.07, 6.45) is 0. The highest BCUT2D eigenvalue weighted by molar-refractivity contribution is 6.40. The van der Waals surface area contributed by atoms with Crippen molar-refractivity contribution in [3.8, 4) is 0 Å². The fourth-order valence-corrected chi connectivity index (χ4v) is 1.90. The first-order chi connectivity index (χ1) is 12.4. The Kier molecular flexibility index (Phi) is 5.93. The van der Waals surface area contributed by atoms with Gasteiger partial charge in [0.15, 0.2) is 0 Å². The van der Waals surface area contributed by atoms with E-state index in [-0.39, 0.29) is 22.7 Å². The Hall–Kier alpha value is -3.82. The monoisotopic (exact) mass is 356 g/mol. The number of nitro groups is 2. The topological polar surface area (TPSA) is 135 Å². The van der Waals surface area contributed by atoms with Gasteiger partial charge in [-0.25, -0.2) is 0 Å². The molecule has 0 atom stereocenters. The first-order valence-corrected chi connectivity index (χ1v) is 7.48. The van der Waals surface area contributed by atoms with E-state index >= 15 is 0 Å². The van der Waals surface area contributed by atoms with Gasteiger partial charge in [-0.3, -0.25) is 31.1 Å². The predicted octanol–water partition coefficient (Wildman–Crippen LogP) is 3.78. The maximum Gasteiger partial charge on any atom is 0.294 e. The third kappa shape index (κ3) is 4.60. The predicted molar refractivity (Wildman–Crippen MR) is 99.7 cm³/mol. The van der Waals surface area contributed by atoms with Gasteiger partial charge in [0.2, 0.25) is 0 Å². The molecular weight excluding hydrogens is 340 g/mol. The number of hydrogen-bond acceptors (Lipinski definition) is 8. The van der Waals surface area contributed by atoms with E-state index in [2.05, 4.69) is 21.1 Å². The summed E-state index contributed by atoms with van der Waals surface area (Å²) in [4.78, 5) is 20.9. The fraction of sp³-hybridized carbons (Fsp3) is 0.125. The van der Waals surface area contributed by atoms with E-state index in [1.807, 2.05) is 0 Å². The van der Waals surface area contributed by atoms with Gasteiger partial charge in [0.25, 0.3) is 11.4 Å². The Labute approximate surface area is 148 Å². The number of hydrazone groups is 2. The van der Waals surface area contributed by atoms with Gasteiger partial charge in [0.05, 0.1) is 21.3 Å². The molecule has 10 heteroatoms. The van der Waals surface area contributed by atoms with Crippen molar-refractivity contribution in [2.75, 3.05) is 10.9 Å². The normalized spacial score (nSPS) is 11.8. The van der Waals surface area contributed by atoms with Gasteiger partial charge < -0.3 is 0 Å². The van der Waals surface area contributed by atoms with Crippen LogP contribution in [0.4, 0.5) is 22.7 Å². The lowest BCUT2D eigenvalue weighted by Crippen LogP contribution is -2.11. The number of rotatable bonds is 7. The molecule has 0 aliphatic rings. The SMILES string of the molecule is CC(=N/Nc1ccccc1[N+](=O)[O-])/C(C)=N/Nc1ccccc1[N+](=O)[O-]. The number of nitrogens with zero attached hydrogens (tertiary/aromatic N) is 4. The summed E-state index contributed by atoms with van der Waals surface area (Å²) in [5.74, 6) is 0. The lowest BCUT2D eigenvalue weighted by Gasteiger charge is -2.05. The lowest BCUT2D eigenvalue weighted by molar-refractivity contribution is -0.384. The van der Waals surface area contributed by atoms with E-state index in [0.29, 0.717) is 11.4 Å². The van der Waals surface area contributed by atoms with Crippen molar-refractivity contribution in [1.29, 1.82) is 0 Å². The molecular formula is C16H16N6O4. The van der Waals surface area contributed by atoms with Gasteiger partial charge in [-0.05, 0) is 26.0 Å². The van der Waals surface area contributed by atoms with Crippen molar-refractivity contribution in [3.05, 3.63) is 68.8 Å². The molecule has 134 valence electrons. The summed E-state index contributed by atoms with van der Waals surface area (Å²) < 4.78 is 0. The van der Waals surface area contributed by atoms with Crippen molar-refractivity contribution < 1.29 is 9.85 Å². The minimum absolute atomic E-state index is 0.100. The van der Waals surface area contributed by atoms with E-state index < -0.39 is 9.85 Å². The fourth-order valence-electron chi connectivity index (χ4n) is 1.90. The van der Waals surface area contributed by atoms with Crippen LogP contribution in [-0.2, 0) is 0 Å². The molecule has 0 radical (unpaired) electrons. The van der Waals surface area contributed by atoms with Gasteiger partial charge in [0.1, 0.15) is 11.4 Å². The van der Waals surface area contributed by atoms with E-state index in [1.165, 1.54) is 24.3 Å². The summed E-state index contributed by atoms with van der Waals surface area (Å²) in [5, 5.41) is 30.1. The molecule has 2 aromatic rings. The van der Waals surface area contributed by atoms with E-state index in [4.69, 9.17) is 0 Å². The molecule has 26 heavy (non-hydrogen) atoms. The largest absolute Gasteiger partial charge is 0.294 e. The quantitative estimate of drug-likeness (QED) is 0.440. The highest BCUT2D eigenvalue weighted by Crippen LogP contribution is 2.24. The molecule has 0 spiro atoms. The molecule has 0 fully saturated rings. The average molecular weight is 356 g/mol. The van der Waals surface area contributed by atoms with Gasteiger partial charge >= 0.3 is 0 Å². The minimum atomic E-state index is -0.510. The Morgan fingerprint density at radius 1 is 0.769 bits per heavy atom. The molecule has 2 rings (SSSR count). The standard InChI is InChI=1S/C16H16N6O4/c1-11(17-19-13-7-3-5-9-15(13)21(23)24)12(2)18-20-14-8-4-6-10-16(14)22(25)26/h3-10,19-20H,1-2H3/b17-11-,18-12+. The first-order valence-electron chi connectivity index (χ1n) is 7.48. The molecule has 0 aliphatic heterocycles. The number of anilines is 2. The summed E-state index contributed by atoms with van der Waals surface area (Å²) >= 11 is 0. The lowest BCUT2D eigenvalue weighted by atomic mass is 10.3. The molecule has 0 unspecified atom stereocenters. The molecule has 2 aromatic carbocycles. The molecule has 0 amide bonds. The Bertz CT molecular complexity index is 820. The Morgan fingerprint density at radius 3 is 1.46 bits per heavy atom. The van der Waals surface area contributed by atoms with Gasteiger partial charge in [-0.2, -0.15) is 10.2 Å². The average Bonchev–Trinajstić information content (AvgIpc) is 2.64. The number of hydrogen-bond donors (Lipinski definition) is 2. The van der Waals surface area contributed by atoms with Crippen molar-refractivity contribution in [2.24, 2.45) is 10.2 Å². The van der Waals surface area contributed by atoms with Crippen molar-refractivity contribution >= 4 is 34.2 Å². The zero-order valence-corrected chi connectivity index (χ0v) is 14.0. The molecule has 0 aliphatic carbocycles. The van der Waals surface area contributed by atoms with Crippen LogP contribution in [0.15, 0.2) is 58.7 Å². The number of nitro benzene ring substituents is 2. The molecule has 0 aromatic heterocycles. The number of benzene rings is 2. The molecule has 2 N–H and O–H groups in total. The summed E-state index contributed by atoms with van der Waals surface area (Å²) in [6, 6.07) is 12.2. The van der Waals surface area contributed by atoms with Crippen molar-refractivity contribution in [3.63, 3.8) is 0 Å². The van der Waals surface area contributed by atoms with Gasteiger partial charge in [-0.1, -0.05) is 24.3 Å². The third-order valence-electron chi connectivity index (χ3n) is 3.41. The second-order valence-corrected chi connectivity index (χ2v) is 5.17. The van der Waals surface area contributed by atoms with Crippen LogP contribution in [0.1, 0.15) is 13.8 Å². The van der Waals surface area contributed by atoms with Crippen LogP contribution in [0.5, 0.6) is 0 Å². The van der Waals surface area contributed by atoms with Crippen LogP contribution in [0.2, 0.25) is 0 Å². The highest BCUT2D eigenvalue weighted by atomic mass is 16.6. The van der Waals surface area contributed by atoms with E-state index in [0.717, 1.165) is 0 Å². The highest BCUT2D eigenvalue weighted by Gasteiger charge is 2.13. The minimum Gasteiger partial charge on any atom is -0.271 e. The van der Waals surface area contributed by atoms with Crippen LogP contribution in [-0.4, -0.2) is 21.3 Å². The van der Waals surface area contributed by atoms with Crippen LogP contribution < -0.4 is 10.9 Å². The zero-order valence-electron chi connectivity index (χ0n) is 14.0. The summed E-state index contributed by atoms with van der Waals surface area (Å²) in [5.41, 5.74) is 6.46. The van der Waals surface area contributed by atoms with Crippen molar-refractivity contribution in [2.45, 2.75) is 13.8 Å². The second-order valence-electron chi connectivity index (χ2n) is 5.17. The van der Waals surface area contributed by atoms with E-state index in [9.17, 15) is 20.2 Å². The van der Waals surface area contributed by atoms with E-state index in [1.54, 1.807) is 38.1 Å². The molecule has 0 heterocycles. The molecule has 0 saturated carbocycles. The van der Waals surface area contributed by atoms with Gasteiger partial charge in [0, 0.05) is 12.1 Å². The number of para-hydroxylation sites is 4. The second kappa shape index (κ2) is 8.33. The maximum atomic E-state index is 11.0. The number of nitrogens with one attached hydrogen (secondary N) is 2. The van der Waals surface area contributed by atoms with Crippen LogP contribution in [0.3, 0.4) is 0 Å². The Morgan fingerprint density at radius 2 is 1.12 bits per heavy atom. The smallest absolute Gasteiger partial charge is 0.271 e. The van der Waals surface area contributed by atoms with Crippen LogP contribution in [0.25, 0.3) is 0 Å². The zero-order chi connectivity index (χ0) is 19.1. The Balaban J connectivity index is 2.13. The van der Waals surface area contributed by atoms with Crippen LogP contribution in [0, 0.1) is 20.2 Å².